The quantitative estimate of drug-likeness (QED) is 0.639. The second-order valence-electron chi connectivity index (χ2n) is 4.06. The Balaban J connectivity index is 1.96. The number of thioether (sulfide) groups is 1. The zero-order chi connectivity index (χ0) is 15.2. The number of nitrogens with one attached hydrogen (secondary N) is 2. The van der Waals surface area contributed by atoms with Crippen LogP contribution in [0.3, 0.4) is 0 Å². The Hall–Kier alpha value is -2.28. The van der Waals surface area contributed by atoms with Gasteiger partial charge >= 0.3 is 5.97 Å². The highest BCUT2D eigenvalue weighted by molar-refractivity contribution is 8.18. The van der Waals surface area contributed by atoms with Gasteiger partial charge < -0.3 is 14.8 Å². The Morgan fingerprint density at radius 2 is 2.10 bits per heavy atom. The highest BCUT2D eigenvalue weighted by Crippen LogP contribution is 2.25. The van der Waals surface area contributed by atoms with Crippen LogP contribution in [0.5, 0.6) is 5.75 Å². The van der Waals surface area contributed by atoms with Crippen LogP contribution in [0.4, 0.5) is 0 Å². The van der Waals surface area contributed by atoms with Crippen molar-refractivity contribution in [2.24, 2.45) is 0 Å². The molecule has 0 radical (unpaired) electrons. The van der Waals surface area contributed by atoms with Crippen LogP contribution in [0.15, 0.2) is 29.2 Å². The molecule has 1 aliphatic heterocycles. The molecule has 0 aromatic heterocycles. The number of amides is 1. The number of rotatable bonds is 5. The summed E-state index contributed by atoms with van der Waals surface area (Å²) in [4.78, 5) is 23.1. The van der Waals surface area contributed by atoms with E-state index < -0.39 is 5.97 Å². The van der Waals surface area contributed by atoms with E-state index in [4.69, 9.17) is 14.9 Å². The first-order valence-electron chi connectivity index (χ1n) is 6.26. The summed E-state index contributed by atoms with van der Waals surface area (Å²) in [5.41, 5.74) is 0.811. The maximum absolute atomic E-state index is 11.5. The van der Waals surface area contributed by atoms with Crippen LogP contribution >= 0.6 is 11.8 Å². The Bertz CT molecular complexity index is 595. The Kier molecular flexibility index (Phi) is 4.99. The number of carbonyl (C=O) groups excluding carboxylic acids is 2. The number of amidine groups is 1. The summed E-state index contributed by atoms with van der Waals surface area (Å²) in [6, 6.07) is 6.94. The Morgan fingerprint density at radius 1 is 1.38 bits per heavy atom. The van der Waals surface area contributed by atoms with Gasteiger partial charge in [-0.05, 0) is 42.5 Å². The number of hydrogen-bond donors (Lipinski definition) is 2. The summed E-state index contributed by atoms with van der Waals surface area (Å²) in [6.07, 6.45) is 1.69. The van der Waals surface area contributed by atoms with Crippen LogP contribution in [-0.4, -0.2) is 30.3 Å². The molecule has 1 heterocycles. The van der Waals surface area contributed by atoms with E-state index in [9.17, 15) is 9.59 Å². The lowest BCUT2D eigenvalue weighted by atomic mass is 10.2. The van der Waals surface area contributed by atoms with Crippen LogP contribution in [0.25, 0.3) is 6.08 Å². The average Bonchev–Trinajstić information content (AvgIpc) is 2.76. The van der Waals surface area contributed by atoms with Gasteiger partial charge in [0, 0.05) is 0 Å². The molecule has 0 bridgehead atoms. The molecule has 1 aromatic carbocycles. The average molecular weight is 306 g/mol. The highest BCUT2D eigenvalue weighted by Gasteiger charge is 2.21. The fraction of sp³-hybridized carbons (Fsp3) is 0.214. The summed E-state index contributed by atoms with van der Waals surface area (Å²) in [5.74, 6) is -0.143. The van der Waals surface area contributed by atoms with Crippen molar-refractivity contribution in [1.29, 1.82) is 5.41 Å². The first-order valence-corrected chi connectivity index (χ1v) is 7.08. The van der Waals surface area contributed by atoms with Crippen molar-refractivity contribution >= 4 is 34.9 Å². The van der Waals surface area contributed by atoms with Gasteiger partial charge in [-0.3, -0.25) is 10.2 Å². The van der Waals surface area contributed by atoms with E-state index in [0.717, 1.165) is 17.3 Å². The first kappa shape index (κ1) is 15.1. The molecule has 0 saturated carbocycles. The summed E-state index contributed by atoms with van der Waals surface area (Å²) < 4.78 is 10.0. The number of esters is 1. The maximum Gasteiger partial charge on any atom is 0.344 e. The van der Waals surface area contributed by atoms with E-state index in [1.165, 1.54) is 0 Å². The largest absolute Gasteiger partial charge is 0.482 e. The molecule has 0 atom stereocenters. The fourth-order valence-corrected chi connectivity index (χ4v) is 2.30. The van der Waals surface area contributed by atoms with Crippen LogP contribution < -0.4 is 10.1 Å². The van der Waals surface area contributed by atoms with Gasteiger partial charge in [0.2, 0.25) is 0 Å². The van der Waals surface area contributed by atoms with Crippen molar-refractivity contribution in [3.05, 3.63) is 34.7 Å². The molecule has 2 rings (SSSR count). The summed E-state index contributed by atoms with van der Waals surface area (Å²) in [7, 11) is 0. The Morgan fingerprint density at radius 3 is 2.67 bits per heavy atom. The third kappa shape index (κ3) is 4.35. The minimum absolute atomic E-state index is 0.126. The summed E-state index contributed by atoms with van der Waals surface area (Å²) >= 11 is 1.08. The molecule has 1 aliphatic rings. The van der Waals surface area contributed by atoms with E-state index in [-0.39, 0.29) is 17.7 Å². The lowest BCUT2D eigenvalue weighted by Gasteiger charge is -2.05. The monoisotopic (exact) mass is 306 g/mol. The minimum Gasteiger partial charge on any atom is -0.482 e. The zero-order valence-electron chi connectivity index (χ0n) is 11.3. The number of hydrogen-bond acceptors (Lipinski definition) is 6. The van der Waals surface area contributed by atoms with Gasteiger partial charge in [-0.2, -0.15) is 0 Å². The molecule has 1 amide bonds. The third-order valence-electron chi connectivity index (χ3n) is 2.50. The van der Waals surface area contributed by atoms with Gasteiger partial charge in [0.1, 0.15) is 5.75 Å². The fourth-order valence-electron chi connectivity index (χ4n) is 1.60. The molecule has 21 heavy (non-hydrogen) atoms. The van der Waals surface area contributed by atoms with Crippen molar-refractivity contribution in [2.75, 3.05) is 13.2 Å². The second kappa shape index (κ2) is 6.94. The van der Waals surface area contributed by atoms with Gasteiger partial charge in [0.05, 0.1) is 11.5 Å². The predicted molar refractivity (Wildman–Crippen MR) is 80.0 cm³/mol. The minimum atomic E-state index is -0.416. The van der Waals surface area contributed by atoms with Crippen molar-refractivity contribution in [3.63, 3.8) is 0 Å². The smallest absolute Gasteiger partial charge is 0.344 e. The van der Waals surface area contributed by atoms with E-state index in [0.29, 0.717) is 17.3 Å². The predicted octanol–water partition coefficient (Wildman–Crippen LogP) is 1.77. The first-order chi connectivity index (χ1) is 10.1. The molecule has 1 aromatic rings. The molecular formula is C14H14N2O4S. The van der Waals surface area contributed by atoms with E-state index in [1.54, 1.807) is 37.3 Å². The van der Waals surface area contributed by atoms with Gasteiger partial charge in [-0.1, -0.05) is 12.1 Å². The third-order valence-corrected chi connectivity index (χ3v) is 3.33. The molecule has 1 saturated heterocycles. The van der Waals surface area contributed by atoms with E-state index in [1.807, 2.05) is 0 Å². The summed E-state index contributed by atoms with van der Waals surface area (Å²) in [6.45, 7) is 1.92. The molecule has 1 fully saturated rings. The van der Waals surface area contributed by atoms with Crippen LogP contribution in [0.1, 0.15) is 12.5 Å². The number of ether oxygens (including phenoxy) is 2. The lowest BCUT2D eigenvalue weighted by molar-refractivity contribution is -0.145. The summed E-state index contributed by atoms with van der Waals surface area (Å²) in [5, 5.41) is 9.90. The molecule has 2 N–H and O–H groups in total. The zero-order valence-corrected chi connectivity index (χ0v) is 12.2. The maximum atomic E-state index is 11.5. The molecular weight excluding hydrogens is 292 g/mol. The van der Waals surface area contributed by atoms with Gasteiger partial charge in [-0.15, -0.1) is 0 Å². The van der Waals surface area contributed by atoms with Gasteiger partial charge in [0.25, 0.3) is 5.91 Å². The van der Waals surface area contributed by atoms with Crippen molar-refractivity contribution in [1.82, 2.24) is 5.32 Å². The lowest BCUT2D eigenvalue weighted by Crippen LogP contribution is -2.18. The van der Waals surface area contributed by atoms with Crippen LogP contribution in [-0.2, 0) is 14.3 Å². The van der Waals surface area contributed by atoms with Crippen molar-refractivity contribution in [2.45, 2.75) is 6.92 Å². The van der Waals surface area contributed by atoms with Crippen molar-refractivity contribution < 1.29 is 19.1 Å². The molecule has 0 spiro atoms. The molecule has 110 valence electrons. The van der Waals surface area contributed by atoms with Crippen LogP contribution in [0.2, 0.25) is 0 Å². The van der Waals surface area contributed by atoms with Crippen LogP contribution in [0, 0.1) is 5.41 Å². The number of benzene rings is 1. The standard InChI is InChI=1S/C14H14N2O4S/c1-2-19-12(17)8-20-10-5-3-9(4-6-10)7-11-13(18)16-14(15)21-11/h3-7H,2,8H2,1H3,(H2,15,16,18)/b11-7-. The molecule has 6 nitrogen and oxygen atoms in total. The van der Waals surface area contributed by atoms with E-state index >= 15 is 0 Å². The highest BCUT2D eigenvalue weighted by atomic mass is 32.2. The van der Waals surface area contributed by atoms with Crippen molar-refractivity contribution in [3.8, 4) is 5.75 Å². The van der Waals surface area contributed by atoms with Gasteiger partial charge in [-0.25, -0.2) is 4.79 Å². The second-order valence-corrected chi connectivity index (χ2v) is 5.11. The molecule has 0 unspecified atom stereocenters. The van der Waals surface area contributed by atoms with Gasteiger partial charge in [0.15, 0.2) is 11.8 Å². The molecule has 7 heteroatoms. The number of carbonyl (C=O) groups is 2. The topological polar surface area (TPSA) is 88.5 Å². The SMILES string of the molecule is CCOC(=O)COc1ccc(/C=C2\SC(=N)NC2=O)cc1. The van der Waals surface area contributed by atoms with E-state index in [2.05, 4.69) is 5.32 Å². The molecule has 0 aliphatic carbocycles. The normalized spacial score (nSPS) is 16.0. The Labute approximate surface area is 126 Å².